The summed E-state index contributed by atoms with van der Waals surface area (Å²) in [5.41, 5.74) is 4.17. The van der Waals surface area contributed by atoms with Crippen LogP contribution in [-0.2, 0) is 6.61 Å². The zero-order valence-corrected chi connectivity index (χ0v) is 11.6. The summed E-state index contributed by atoms with van der Waals surface area (Å²) in [6.07, 6.45) is 3.03. The van der Waals surface area contributed by atoms with Gasteiger partial charge in [0.2, 0.25) is 5.69 Å². The van der Waals surface area contributed by atoms with Crippen LogP contribution in [0.5, 0.6) is 5.75 Å². The van der Waals surface area contributed by atoms with E-state index in [0.29, 0.717) is 21.9 Å². The number of hydrazone groups is 1. The van der Waals surface area contributed by atoms with Gasteiger partial charge in [-0.1, -0.05) is 0 Å². The number of nitrogens with one attached hydrogen (secondary N) is 3. The van der Waals surface area contributed by atoms with E-state index in [4.69, 9.17) is 17.3 Å². The van der Waals surface area contributed by atoms with Crippen LogP contribution in [0.3, 0.4) is 0 Å². The summed E-state index contributed by atoms with van der Waals surface area (Å²) in [7, 11) is 1.67. The Hall–Kier alpha value is -1.44. The van der Waals surface area contributed by atoms with Gasteiger partial charge in [0.25, 0.3) is 0 Å². The lowest BCUT2D eigenvalue weighted by Gasteiger charge is -2.04. The van der Waals surface area contributed by atoms with E-state index in [1.54, 1.807) is 20.2 Å². The normalized spacial score (nSPS) is 9.94. The highest BCUT2D eigenvalue weighted by Crippen LogP contribution is 2.19. The summed E-state index contributed by atoms with van der Waals surface area (Å²) in [6.45, 7) is 1.53. The molecule has 100 valence electrons. The monoisotopic (exact) mass is 290 g/mol. The first-order chi connectivity index (χ1) is 8.10. The van der Waals surface area contributed by atoms with Gasteiger partial charge in [0.05, 0.1) is 23.9 Å². The van der Waals surface area contributed by atoms with E-state index in [0.717, 1.165) is 0 Å². The summed E-state index contributed by atoms with van der Waals surface area (Å²) < 4.78 is 0. The number of pyridine rings is 1. The summed E-state index contributed by atoms with van der Waals surface area (Å²) >= 11 is 4.84. The van der Waals surface area contributed by atoms with Crippen molar-refractivity contribution in [1.82, 2.24) is 10.7 Å². The second-order valence-electron chi connectivity index (χ2n) is 3.31. The third kappa shape index (κ3) is 4.10. The van der Waals surface area contributed by atoms with Gasteiger partial charge in [-0.3, -0.25) is 5.43 Å². The highest BCUT2D eigenvalue weighted by molar-refractivity contribution is 7.80. The van der Waals surface area contributed by atoms with Crippen molar-refractivity contribution in [3.63, 3.8) is 0 Å². The quantitative estimate of drug-likeness (QED) is 0.263. The molecular weight excluding hydrogens is 276 g/mol. The fourth-order valence-electron chi connectivity index (χ4n) is 1.18. The third-order valence-corrected chi connectivity index (χ3v) is 2.47. The lowest BCUT2D eigenvalue weighted by atomic mass is 10.1. The molecule has 8 heteroatoms. The number of thiocarbonyl (C=S) groups is 1. The minimum atomic E-state index is -0.192. The zero-order valence-electron chi connectivity index (χ0n) is 9.99. The molecule has 0 bridgehead atoms. The van der Waals surface area contributed by atoms with Gasteiger partial charge in [-0.2, -0.15) is 5.10 Å². The third-order valence-electron chi connectivity index (χ3n) is 2.18. The van der Waals surface area contributed by atoms with Crippen LogP contribution in [-0.4, -0.2) is 28.6 Å². The maximum absolute atomic E-state index is 9.82. The molecule has 0 aliphatic rings. The maximum Gasteiger partial charge on any atom is 0.219 e. The Bertz CT molecular complexity index is 454. The largest absolute Gasteiger partial charge is 1.00 e. The van der Waals surface area contributed by atoms with Crippen molar-refractivity contribution in [1.29, 1.82) is 0 Å². The number of hydrogen-bond acceptors (Lipinski definition) is 4. The molecule has 0 aromatic carbocycles. The zero-order chi connectivity index (χ0) is 12.8. The van der Waals surface area contributed by atoms with Crippen molar-refractivity contribution in [2.75, 3.05) is 7.05 Å². The molecule has 1 aromatic heterocycles. The van der Waals surface area contributed by atoms with Gasteiger partial charge in [0, 0.05) is 14.0 Å². The number of rotatable bonds is 3. The first-order valence-corrected chi connectivity index (χ1v) is 5.35. The summed E-state index contributed by atoms with van der Waals surface area (Å²) in [5.74, 6) is 0.0532. The molecule has 1 aromatic rings. The maximum atomic E-state index is 9.82. The highest BCUT2D eigenvalue weighted by Gasteiger charge is 2.13. The first kappa shape index (κ1) is 16.6. The molecule has 5 N–H and O–H groups in total. The van der Waals surface area contributed by atoms with E-state index < -0.39 is 0 Å². The number of aryl methyl sites for hydroxylation is 1. The second kappa shape index (κ2) is 7.80. The van der Waals surface area contributed by atoms with E-state index in [9.17, 15) is 5.11 Å². The molecule has 0 spiro atoms. The lowest BCUT2D eigenvalue weighted by Crippen LogP contribution is -3.00. The van der Waals surface area contributed by atoms with E-state index in [-0.39, 0.29) is 24.8 Å². The van der Waals surface area contributed by atoms with Crippen molar-refractivity contribution in [2.24, 2.45) is 5.10 Å². The van der Waals surface area contributed by atoms with Gasteiger partial charge < -0.3 is 27.9 Å². The van der Waals surface area contributed by atoms with Crippen LogP contribution < -0.4 is 28.1 Å². The fraction of sp³-hybridized carbons (Fsp3) is 0.300. The number of aliphatic hydroxyl groups is 1. The van der Waals surface area contributed by atoms with Crippen molar-refractivity contribution in [3.8, 4) is 5.75 Å². The van der Waals surface area contributed by atoms with Gasteiger partial charge in [-0.05, 0) is 12.2 Å². The van der Waals surface area contributed by atoms with Gasteiger partial charge in [-0.15, -0.1) is 0 Å². The molecule has 1 rings (SSSR count). The van der Waals surface area contributed by atoms with Crippen LogP contribution in [0.2, 0.25) is 0 Å². The van der Waals surface area contributed by atoms with Crippen molar-refractivity contribution in [2.45, 2.75) is 13.5 Å². The Balaban J connectivity index is 0.00000289. The van der Waals surface area contributed by atoms with Crippen LogP contribution in [0.1, 0.15) is 16.8 Å². The Kier molecular flexibility index (Phi) is 7.18. The molecule has 0 atom stereocenters. The SMILES string of the molecule is CNC(=S)N/N=C/c1c(CO)c[nH+]c(C)c1O.[Cl-]. The molecule has 0 aliphatic heterocycles. The average molecular weight is 291 g/mol. The summed E-state index contributed by atoms with van der Waals surface area (Å²) in [5, 5.41) is 25.9. The minimum Gasteiger partial charge on any atom is -1.00 e. The minimum absolute atomic E-state index is 0. The fourth-order valence-corrected chi connectivity index (χ4v) is 1.23. The van der Waals surface area contributed by atoms with Crippen molar-refractivity contribution < 1.29 is 27.6 Å². The molecule has 0 aliphatic carbocycles. The molecule has 0 radical (unpaired) electrons. The topological polar surface area (TPSA) is 91.0 Å². The highest BCUT2D eigenvalue weighted by atomic mass is 35.5. The number of hydrogen-bond donors (Lipinski definition) is 4. The standard InChI is InChI=1S/C10H14N4O2S.ClH/c1-6-9(16)8(7(5-15)3-12-6)4-13-14-10(17)11-2;/h3-4,15-16H,5H2,1-2H3,(H2,11,14,17);1H/b13-4+;. The lowest BCUT2D eigenvalue weighted by molar-refractivity contribution is -0.389. The number of nitrogens with zero attached hydrogens (tertiary/aromatic N) is 1. The van der Waals surface area contributed by atoms with Crippen LogP contribution >= 0.6 is 12.2 Å². The molecule has 0 saturated carbocycles. The van der Waals surface area contributed by atoms with Gasteiger partial charge in [-0.25, -0.2) is 4.98 Å². The predicted molar refractivity (Wildman–Crippen MR) is 67.7 cm³/mol. The molecule has 0 saturated heterocycles. The first-order valence-electron chi connectivity index (χ1n) is 4.95. The van der Waals surface area contributed by atoms with Gasteiger partial charge in [0.1, 0.15) is 0 Å². The van der Waals surface area contributed by atoms with E-state index in [1.807, 2.05) is 0 Å². The van der Waals surface area contributed by atoms with E-state index in [1.165, 1.54) is 6.21 Å². The predicted octanol–water partition coefficient (Wildman–Crippen LogP) is -3.56. The Morgan fingerprint density at radius 1 is 1.61 bits per heavy atom. The number of aliphatic hydroxyl groups excluding tert-OH is 1. The van der Waals surface area contributed by atoms with Crippen molar-refractivity contribution in [3.05, 3.63) is 23.0 Å². The van der Waals surface area contributed by atoms with Crippen LogP contribution in [0.25, 0.3) is 0 Å². The van der Waals surface area contributed by atoms with Crippen molar-refractivity contribution >= 4 is 23.5 Å². The van der Waals surface area contributed by atoms with Crippen LogP contribution in [0, 0.1) is 6.92 Å². The Labute approximate surface area is 117 Å². The molecule has 6 nitrogen and oxygen atoms in total. The summed E-state index contributed by atoms with van der Waals surface area (Å²) in [4.78, 5) is 2.84. The molecule has 1 heterocycles. The number of aromatic amines is 1. The molecule has 18 heavy (non-hydrogen) atoms. The number of aromatic nitrogens is 1. The van der Waals surface area contributed by atoms with E-state index in [2.05, 4.69) is 20.8 Å². The van der Waals surface area contributed by atoms with Crippen LogP contribution in [0.4, 0.5) is 0 Å². The molecular formula is C10H15ClN4O2S. The number of H-pyrrole nitrogens is 1. The second-order valence-corrected chi connectivity index (χ2v) is 3.72. The Morgan fingerprint density at radius 3 is 2.83 bits per heavy atom. The molecule has 0 amide bonds. The molecule has 0 fully saturated rings. The van der Waals surface area contributed by atoms with Gasteiger partial charge >= 0.3 is 0 Å². The van der Waals surface area contributed by atoms with Crippen LogP contribution in [0.15, 0.2) is 11.3 Å². The average Bonchev–Trinajstić information content (AvgIpc) is 2.34. The Morgan fingerprint density at radius 2 is 2.28 bits per heavy atom. The number of halogens is 1. The molecule has 0 unspecified atom stereocenters. The summed E-state index contributed by atoms with van der Waals surface area (Å²) in [6, 6.07) is 0. The van der Waals surface area contributed by atoms with Gasteiger partial charge in [0.15, 0.2) is 17.1 Å². The number of aromatic hydroxyl groups is 1. The smallest absolute Gasteiger partial charge is 0.219 e. The van der Waals surface area contributed by atoms with E-state index >= 15 is 0 Å².